The number of ketones is 1. The number of carbonyl (C=O) groups is 2. The molecule has 0 N–H and O–H groups in total. The molecule has 2 atom stereocenters. The lowest BCUT2D eigenvalue weighted by Crippen LogP contribution is -2.34. The summed E-state index contributed by atoms with van der Waals surface area (Å²) in [6, 6.07) is 11.5. The fourth-order valence-electron chi connectivity index (χ4n) is 3.53. The van der Waals surface area contributed by atoms with Gasteiger partial charge in [-0.05, 0) is 54.8 Å². The summed E-state index contributed by atoms with van der Waals surface area (Å²) in [6.45, 7) is 1.80. The van der Waals surface area contributed by atoms with E-state index < -0.39 is 29.4 Å². The number of carbonyl (C=O) groups excluding carboxylic acids is 2. The van der Waals surface area contributed by atoms with E-state index >= 15 is 0 Å². The smallest absolute Gasteiger partial charge is 0.317 e. The van der Waals surface area contributed by atoms with Crippen molar-refractivity contribution in [1.29, 1.82) is 0 Å². The van der Waals surface area contributed by atoms with Gasteiger partial charge in [-0.1, -0.05) is 29.8 Å². The zero-order valence-electron chi connectivity index (χ0n) is 15.6. The van der Waals surface area contributed by atoms with Crippen molar-refractivity contribution in [3.05, 3.63) is 70.5 Å². The molecule has 0 bridgehead atoms. The maximum absolute atomic E-state index is 14.6. The van der Waals surface area contributed by atoms with Crippen LogP contribution in [0.2, 0.25) is 5.02 Å². The fraction of sp³-hybridized carbons (Fsp3) is 0.273. The highest BCUT2D eigenvalue weighted by atomic mass is 35.5. The molecule has 0 unspecified atom stereocenters. The van der Waals surface area contributed by atoms with Crippen LogP contribution in [0.3, 0.4) is 0 Å². The van der Waals surface area contributed by atoms with E-state index in [1.807, 2.05) is 12.1 Å². The van der Waals surface area contributed by atoms with E-state index in [4.69, 9.17) is 21.1 Å². The van der Waals surface area contributed by atoms with Crippen molar-refractivity contribution >= 4 is 28.9 Å². The minimum atomic E-state index is -1.13. The molecule has 0 amide bonds. The molecule has 4 nitrogen and oxygen atoms in total. The summed E-state index contributed by atoms with van der Waals surface area (Å²) in [7, 11) is 1.57. The number of ether oxygens (including phenoxy) is 2. The molecule has 0 heterocycles. The van der Waals surface area contributed by atoms with Gasteiger partial charge in [-0.15, -0.1) is 0 Å². The maximum Gasteiger partial charge on any atom is 0.317 e. The van der Waals surface area contributed by atoms with Gasteiger partial charge in [-0.3, -0.25) is 9.59 Å². The number of hydrogen-bond acceptors (Lipinski definition) is 4. The molecular formula is C22H20ClFO4. The number of esters is 1. The van der Waals surface area contributed by atoms with Crippen LogP contribution in [0.15, 0.2) is 48.5 Å². The molecule has 0 fully saturated rings. The second-order valence-corrected chi connectivity index (χ2v) is 6.88. The van der Waals surface area contributed by atoms with Crippen molar-refractivity contribution in [3.8, 4) is 5.75 Å². The predicted molar refractivity (Wildman–Crippen MR) is 105 cm³/mol. The standard InChI is InChI=1S/C22H20ClFO4/c1-3-28-22(26)21-16(20-17(23)5-4-6-18(20)24)11-14(12-19(21)25)13-7-9-15(27-2)10-8-13/h4-10,12,16,21H,3,11H2,1-2H3/t16-,21-/m0/s1. The number of allylic oxidation sites excluding steroid dienone is 2. The Morgan fingerprint density at radius 3 is 2.54 bits per heavy atom. The summed E-state index contributed by atoms with van der Waals surface area (Å²) < 4.78 is 24.9. The molecular weight excluding hydrogens is 383 g/mol. The summed E-state index contributed by atoms with van der Waals surface area (Å²) in [5.74, 6) is -2.82. The molecule has 0 aliphatic heterocycles. The average Bonchev–Trinajstić information content (AvgIpc) is 2.67. The van der Waals surface area contributed by atoms with Crippen LogP contribution in [0.25, 0.3) is 5.57 Å². The van der Waals surface area contributed by atoms with Gasteiger partial charge in [0.2, 0.25) is 0 Å². The normalized spacial score (nSPS) is 19.1. The molecule has 3 rings (SSSR count). The first kappa shape index (κ1) is 20.1. The van der Waals surface area contributed by atoms with Crippen LogP contribution in [0, 0.1) is 11.7 Å². The second-order valence-electron chi connectivity index (χ2n) is 6.48. The number of methoxy groups -OCH3 is 1. The summed E-state index contributed by atoms with van der Waals surface area (Å²) >= 11 is 6.25. The highest BCUT2D eigenvalue weighted by Crippen LogP contribution is 2.43. The summed E-state index contributed by atoms with van der Waals surface area (Å²) in [4.78, 5) is 25.3. The third-order valence-corrected chi connectivity index (χ3v) is 5.17. The Labute approximate surface area is 167 Å². The van der Waals surface area contributed by atoms with Crippen molar-refractivity contribution in [1.82, 2.24) is 0 Å². The highest BCUT2D eigenvalue weighted by molar-refractivity contribution is 6.31. The quantitative estimate of drug-likeness (QED) is 0.532. The molecule has 28 heavy (non-hydrogen) atoms. The Hall–Kier alpha value is -2.66. The average molecular weight is 403 g/mol. The molecule has 0 spiro atoms. The minimum absolute atomic E-state index is 0.134. The Morgan fingerprint density at radius 1 is 1.21 bits per heavy atom. The maximum atomic E-state index is 14.6. The molecule has 1 aliphatic carbocycles. The molecule has 0 saturated carbocycles. The van der Waals surface area contributed by atoms with E-state index in [-0.39, 0.29) is 23.6 Å². The zero-order valence-corrected chi connectivity index (χ0v) is 16.3. The van der Waals surface area contributed by atoms with E-state index in [1.54, 1.807) is 32.2 Å². The van der Waals surface area contributed by atoms with E-state index in [2.05, 4.69) is 0 Å². The fourth-order valence-corrected chi connectivity index (χ4v) is 3.83. The van der Waals surface area contributed by atoms with E-state index in [0.717, 1.165) is 5.56 Å². The van der Waals surface area contributed by atoms with Gasteiger partial charge in [0.1, 0.15) is 17.5 Å². The molecule has 1 aliphatic rings. The molecule has 6 heteroatoms. The van der Waals surface area contributed by atoms with Crippen LogP contribution in [0.4, 0.5) is 4.39 Å². The third kappa shape index (κ3) is 3.94. The first-order valence-electron chi connectivity index (χ1n) is 8.95. The van der Waals surface area contributed by atoms with E-state index in [1.165, 1.54) is 18.2 Å². The van der Waals surface area contributed by atoms with E-state index in [9.17, 15) is 14.0 Å². The SMILES string of the molecule is CCOC(=O)[C@@H]1C(=O)C=C(c2ccc(OC)cc2)C[C@H]1c1c(F)cccc1Cl. The molecule has 2 aromatic carbocycles. The van der Waals surface area contributed by atoms with Gasteiger partial charge in [0, 0.05) is 16.5 Å². The topological polar surface area (TPSA) is 52.6 Å². The lowest BCUT2D eigenvalue weighted by atomic mass is 9.73. The van der Waals surface area contributed by atoms with Gasteiger partial charge in [-0.2, -0.15) is 0 Å². The summed E-state index contributed by atoms with van der Waals surface area (Å²) in [5.41, 5.74) is 1.67. The first-order valence-corrected chi connectivity index (χ1v) is 9.33. The molecule has 2 aromatic rings. The van der Waals surface area contributed by atoms with Gasteiger partial charge < -0.3 is 9.47 Å². The van der Waals surface area contributed by atoms with Crippen molar-refractivity contribution in [2.45, 2.75) is 19.3 Å². The van der Waals surface area contributed by atoms with Gasteiger partial charge in [-0.25, -0.2) is 4.39 Å². The predicted octanol–water partition coefficient (Wildman–Crippen LogP) is 4.81. The van der Waals surface area contributed by atoms with Crippen molar-refractivity contribution in [3.63, 3.8) is 0 Å². The Bertz CT molecular complexity index is 900. The van der Waals surface area contributed by atoms with Crippen LogP contribution in [-0.4, -0.2) is 25.5 Å². The van der Waals surface area contributed by atoms with Gasteiger partial charge >= 0.3 is 5.97 Å². The van der Waals surface area contributed by atoms with Crippen LogP contribution in [-0.2, 0) is 14.3 Å². The van der Waals surface area contributed by atoms with Gasteiger partial charge in [0.15, 0.2) is 5.78 Å². The Kier molecular flexibility index (Phi) is 6.15. The number of benzene rings is 2. The monoisotopic (exact) mass is 402 g/mol. The zero-order chi connectivity index (χ0) is 20.3. The number of halogens is 2. The molecule has 146 valence electrons. The van der Waals surface area contributed by atoms with E-state index in [0.29, 0.717) is 11.3 Å². The Morgan fingerprint density at radius 2 is 1.93 bits per heavy atom. The van der Waals surface area contributed by atoms with Crippen LogP contribution >= 0.6 is 11.6 Å². The Balaban J connectivity index is 2.07. The minimum Gasteiger partial charge on any atom is -0.497 e. The van der Waals surface area contributed by atoms with Gasteiger partial charge in [0.25, 0.3) is 0 Å². The third-order valence-electron chi connectivity index (χ3n) is 4.84. The van der Waals surface area contributed by atoms with Gasteiger partial charge in [0.05, 0.1) is 13.7 Å². The summed E-state index contributed by atoms with van der Waals surface area (Å²) in [5, 5.41) is 0.183. The molecule has 0 radical (unpaired) electrons. The second kappa shape index (κ2) is 8.57. The first-order chi connectivity index (χ1) is 13.5. The number of rotatable bonds is 5. The van der Waals surface area contributed by atoms with Crippen LogP contribution in [0.1, 0.15) is 30.4 Å². The van der Waals surface area contributed by atoms with Crippen molar-refractivity contribution in [2.75, 3.05) is 13.7 Å². The lowest BCUT2D eigenvalue weighted by Gasteiger charge is -2.30. The van der Waals surface area contributed by atoms with Crippen LogP contribution in [0.5, 0.6) is 5.75 Å². The van der Waals surface area contributed by atoms with Crippen molar-refractivity contribution < 1.29 is 23.5 Å². The van der Waals surface area contributed by atoms with Crippen LogP contribution < -0.4 is 4.74 Å². The highest BCUT2D eigenvalue weighted by Gasteiger charge is 2.41. The number of hydrogen-bond donors (Lipinski definition) is 0. The molecule has 0 saturated heterocycles. The van der Waals surface area contributed by atoms with Crippen molar-refractivity contribution in [2.24, 2.45) is 5.92 Å². The largest absolute Gasteiger partial charge is 0.497 e. The summed E-state index contributed by atoms with van der Waals surface area (Å²) in [6.07, 6.45) is 1.72. The molecule has 0 aromatic heterocycles. The lowest BCUT2D eigenvalue weighted by molar-refractivity contribution is -0.151.